The fourth-order valence-corrected chi connectivity index (χ4v) is 2.54. The van der Waals surface area contributed by atoms with Crippen LogP contribution in [0, 0.1) is 20.2 Å². The Hall–Kier alpha value is -4.60. The van der Waals surface area contributed by atoms with Crippen molar-refractivity contribution in [3.63, 3.8) is 0 Å². The minimum Gasteiger partial charge on any atom is -0.502 e. The molecule has 0 unspecified atom stereocenters. The Balaban J connectivity index is 1.79. The number of nitro benzene ring substituents is 2. The fraction of sp³-hybridized carbons (Fsp3) is 0. The van der Waals surface area contributed by atoms with Crippen LogP contribution in [0.3, 0.4) is 0 Å². The van der Waals surface area contributed by atoms with Crippen LogP contribution < -0.4 is 5.32 Å². The SMILES string of the molecule is O=C(Nc1ccc(N=Cc2cc([N+](=O)[O-])cc([N+](=O)[O-])c2O)cc1)c1ccccc1. The second-order valence-corrected chi connectivity index (χ2v) is 6.04. The van der Waals surface area contributed by atoms with Crippen LogP contribution in [-0.2, 0) is 0 Å². The average molecular weight is 406 g/mol. The van der Waals surface area contributed by atoms with E-state index < -0.39 is 27.0 Å². The van der Waals surface area contributed by atoms with Gasteiger partial charge in [-0.1, -0.05) is 18.2 Å². The molecule has 0 aliphatic rings. The van der Waals surface area contributed by atoms with Crippen molar-refractivity contribution in [2.24, 2.45) is 4.99 Å². The van der Waals surface area contributed by atoms with E-state index in [1.165, 1.54) is 0 Å². The highest BCUT2D eigenvalue weighted by molar-refractivity contribution is 6.04. The van der Waals surface area contributed by atoms with Crippen molar-refractivity contribution in [1.29, 1.82) is 0 Å². The Kier molecular flexibility index (Phi) is 5.78. The number of nitrogens with zero attached hydrogens (tertiary/aromatic N) is 3. The third kappa shape index (κ3) is 4.62. The summed E-state index contributed by atoms with van der Waals surface area (Å²) >= 11 is 0. The van der Waals surface area contributed by atoms with Crippen LogP contribution in [-0.4, -0.2) is 27.1 Å². The van der Waals surface area contributed by atoms with Crippen LogP contribution in [0.1, 0.15) is 15.9 Å². The molecule has 10 nitrogen and oxygen atoms in total. The van der Waals surface area contributed by atoms with Crippen molar-refractivity contribution in [2.75, 3.05) is 5.32 Å². The number of rotatable bonds is 6. The molecule has 3 rings (SSSR count). The number of benzene rings is 3. The molecule has 0 spiro atoms. The molecular formula is C20H14N4O6. The summed E-state index contributed by atoms with van der Waals surface area (Å²) in [6.45, 7) is 0. The van der Waals surface area contributed by atoms with Crippen molar-refractivity contribution in [2.45, 2.75) is 0 Å². The smallest absolute Gasteiger partial charge is 0.318 e. The van der Waals surface area contributed by atoms with Crippen LogP contribution in [0.5, 0.6) is 5.75 Å². The predicted octanol–water partition coefficient (Wildman–Crippen LogP) is 4.21. The van der Waals surface area contributed by atoms with Gasteiger partial charge in [-0.05, 0) is 36.4 Å². The van der Waals surface area contributed by atoms with Crippen molar-refractivity contribution < 1.29 is 19.7 Å². The number of carbonyl (C=O) groups is 1. The Morgan fingerprint density at radius 1 is 0.967 bits per heavy atom. The minimum absolute atomic E-state index is 0.169. The topological polar surface area (TPSA) is 148 Å². The Morgan fingerprint density at radius 3 is 2.23 bits per heavy atom. The molecule has 30 heavy (non-hydrogen) atoms. The number of anilines is 1. The highest BCUT2D eigenvalue weighted by Crippen LogP contribution is 2.33. The molecule has 0 aliphatic carbocycles. The third-order valence-electron chi connectivity index (χ3n) is 4.03. The first-order valence-electron chi connectivity index (χ1n) is 8.51. The lowest BCUT2D eigenvalue weighted by molar-refractivity contribution is -0.394. The lowest BCUT2D eigenvalue weighted by Crippen LogP contribution is -2.11. The fourth-order valence-electron chi connectivity index (χ4n) is 2.54. The van der Waals surface area contributed by atoms with Crippen LogP contribution in [0.4, 0.5) is 22.7 Å². The Bertz CT molecular complexity index is 1140. The molecule has 0 aliphatic heterocycles. The van der Waals surface area contributed by atoms with Gasteiger partial charge in [0.05, 0.1) is 21.6 Å². The van der Waals surface area contributed by atoms with E-state index in [2.05, 4.69) is 10.3 Å². The summed E-state index contributed by atoms with van der Waals surface area (Å²) in [4.78, 5) is 36.5. The maximum absolute atomic E-state index is 12.1. The monoisotopic (exact) mass is 406 g/mol. The third-order valence-corrected chi connectivity index (χ3v) is 4.03. The van der Waals surface area contributed by atoms with E-state index >= 15 is 0 Å². The number of hydrogen-bond donors (Lipinski definition) is 2. The number of carbonyl (C=O) groups excluding carboxylic acids is 1. The first-order chi connectivity index (χ1) is 14.3. The number of nitro groups is 2. The number of aromatic hydroxyl groups is 1. The quantitative estimate of drug-likeness (QED) is 0.356. The Labute approximate surface area is 169 Å². The molecule has 0 atom stereocenters. The van der Waals surface area contributed by atoms with Gasteiger partial charge in [-0.25, -0.2) is 0 Å². The van der Waals surface area contributed by atoms with Gasteiger partial charge >= 0.3 is 5.69 Å². The predicted molar refractivity (Wildman–Crippen MR) is 110 cm³/mol. The van der Waals surface area contributed by atoms with Gasteiger partial charge in [-0.2, -0.15) is 0 Å². The molecule has 10 heteroatoms. The number of phenolic OH excluding ortho intramolecular Hbond substituents is 1. The summed E-state index contributed by atoms with van der Waals surface area (Å²) in [5.41, 5.74) is -0.0675. The molecule has 0 radical (unpaired) electrons. The second kappa shape index (κ2) is 8.61. The van der Waals surface area contributed by atoms with Crippen molar-refractivity contribution in [1.82, 2.24) is 0 Å². The molecule has 0 bridgehead atoms. The summed E-state index contributed by atoms with van der Waals surface area (Å²) in [6.07, 6.45) is 1.09. The normalized spacial score (nSPS) is 10.7. The number of aliphatic imine (C=N–C) groups is 1. The molecule has 3 aromatic rings. The summed E-state index contributed by atoms with van der Waals surface area (Å²) in [7, 11) is 0. The van der Waals surface area contributed by atoms with E-state index in [0.29, 0.717) is 23.0 Å². The number of nitrogens with one attached hydrogen (secondary N) is 1. The first kappa shape index (κ1) is 20.1. The van der Waals surface area contributed by atoms with Crippen molar-refractivity contribution >= 4 is 34.9 Å². The van der Waals surface area contributed by atoms with Crippen LogP contribution in [0.2, 0.25) is 0 Å². The second-order valence-electron chi connectivity index (χ2n) is 6.04. The highest BCUT2D eigenvalue weighted by Gasteiger charge is 2.23. The molecular weight excluding hydrogens is 392 g/mol. The van der Waals surface area contributed by atoms with Crippen LogP contribution >= 0.6 is 0 Å². The van der Waals surface area contributed by atoms with Crippen LogP contribution in [0.25, 0.3) is 0 Å². The summed E-state index contributed by atoms with van der Waals surface area (Å²) < 4.78 is 0. The molecule has 0 fully saturated rings. The highest BCUT2D eigenvalue weighted by atomic mass is 16.6. The van der Waals surface area contributed by atoms with E-state index in [4.69, 9.17) is 0 Å². The maximum Gasteiger partial charge on any atom is 0.318 e. The van der Waals surface area contributed by atoms with E-state index in [-0.39, 0.29) is 11.5 Å². The molecule has 0 saturated carbocycles. The van der Waals surface area contributed by atoms with Gasteiger partial charge in [0.1, 0.15) is 0 Å². The average Bonchev–Trinajstić information content (AvgIpc) is 2.74. The summed E-state index contributed by atoms with van der Waals surface area (Å²) in [5, 5.41) is 34.7. The van der Waals surface area contributed by atoms with Gasteiger partial charge in [0, 0.05) is 29.1 Å². The number of amides is 1. The van der Waals surface area contributed by atoms with Gasteiger partial charge in [-0.3, -0.25) is 30.0 Å². The molecule has 0 aromatic heterocycles. The summed E-state index contributed by atoms with van der Waals surface area (Å²) in [6, 6.07) is 16.7. The molecule has 0 saturated heterocycles. The molecule has 2 N–H and O–H groups in total. The van der Waals surface area contributed by atoms with Gasteiger partial charge in [0.2, 0.25) is 5.75 Å². The van der Waals surface area contributed by atoms with Crippen LogP contribution in [0.15, 0.2) is 71.7 Å². The maximum atomic E-state index is 12.1. The van der Waals surface area contributed by atoms with Gasteiger partial charge in [-0.15, -0.1) is 0 Å². The zero-order chi connectivity index (χ0) is 21.7. The lowest BCUT2D eigenvalue weighted by atomic mass is 10.1. The number of non-ortho nitro benzene ring substituents is 1. The Morgan fingerprint density at radius 2 is 1.63 bits per heavy atom. The largest absolute Gasteiger partial charge is 0.502 e. The van der Waals surface area contributed by atoms with E-state index in [9.17, 15) is 30.1 Å². The molecule has 150 valence electrons. The molecule has 1 amide bonds. The molecule has 0 heterocycles. The first-order valence-corrected chi connectivity index (χ1v) is 8.51. The van der Waals surface area contributed by atoms with Gasteiger partial charge in [0.25, 0.3) is 11.6 Å². The van der Waals surface area contributed by atoms with E-state index in [0.717, 1.165) is 12.3 Å². The van der Waals surface area contributed by atoms with E-state index in [1.807, 2.05) is 0 Å². The van der Waals surface area contributed by atoms with E-state index in [1.54, 1.807) is 54.6 Å². The van der Waals surface area contributed by atoms with Gasteiger partial charge < -0.3 is 10.4 Å². The number of hydrogen-bond acceptors (Lipinski definition) is 7. The minimum atomic E-state index is -0.913. The van der Waals surface area contributed by atoms with Crippen molar-refractivity contribution in [3.8, 4) is 5.75 Å². The summed E-state index contributed by atoms with van der Waals surface area (Å²) in [5.74, 6) is -0.998. The molecule has 3 aromatic carbocycles. The van der Waals surface area contributed by atoms with Crippen molar-refractivity contribution in [3.05, 3.63) is 98.1 Å². The standard InChI is InChI=1S/C20H14N4O6/c25-19-14(10-17(23(27)28)11-18(19)24(29)30)12-21-15-6-8-16(9-7-15)22-20(26)13-4-2-1-3-5-13/h1-12,25H,(H,22,26). The zero-order valence-electron chi connectivity index (χ0n) is 15.3. The zero-order valence-corrected chi connectivity index (χ0v) is 15.3. The number of phenols is 1. The lowest BCUT2D eigenvalue weighted by Gasteiger charge is -2.05. The van der Waals surface area contributed by atoms with Gasteiger partial charge in [0.15, 0.2) is 0 Å².